The molecule has 0 aliphatic heterocycles. The van der Waals surface area contributed by atoms with Gasteiger partial charge >= 0.3 is 0 Å². The van der Waals surface area contributed by atoms with E-state index in [-0.39, 0.29) is 17.0 Å². The van der Waals surface area contributed by atoms with Gasteiger partial charge in [-0.3, -0.25) is 4.79 Å². The Morgan fingerprint density at radius 1 is 1.22 bits per heavy atom. The standard InChI is InChI=1S/C14H12FNO2/c1-9-6-7-12(11(15)8-9)16-14(18)10-4-2-3-5-13(10)17/h2-8,17H,1H3,(H,16,18). The Morgan fingerprint density at radius 3 is 2.61 bits per heavy atom. The van der Waals surface area contributed by atoms with Crippen LogP contribution in [-0.4, -0.2) is 11.0 Å². The minimum Gasteiger partial charge on any atom is -0.507 e. The van der Waals surface area contributed by atoms with Gasteiger partial charge in [0, 0.05) is 0 Å². The molecule has 18 heavy (non-hydrogen) atoms. The number of carbonyl (C=O) groups excluding carboxylic acids is 1. The molecule has 0 spiro atoms. The third kappa shape index (κ3) is 2.48. The second-order valence-electron chi connectivity index (χ2n) is 3.95. The van der Waals surface area contributed by atoms with Gasteiger partial charge in [0.05, 0.1) is 11.3 Å². The summed E-state index contributed by atoms with van der Waals surface area (Å²) >= 11 is 0. The first-order chi connectivity index (χ1) is 8.58. The quantitative estimate of drug-likeness (QED) is 0.854. The lowest BCUT2D eigenvalue weighted by Crippen LogP contribution is -2.13. The number of anilines is 1. The van der Waals surface area contributed by atoms with Gasteiger partial charge in [0.25, 0.3) is 5.91 Å². The molecule has 1 amide bonds. The molecule has 2 rings (SSSR count). The number of aromatic hydroxyl groups is 1. The fourth-order valence-electron chi connectivity index (χ4n) is 1.58. The van der Waals surface area contributed by atoms with Crippen molar-refractivity contribution in [3.63, 3.8) is 0 Å². The lowest BCUT2D eigenvalue weighted by atomic mass is 10.1. The number of amides is 1. The Labute approximate surface area is 104 Å². The lowest BCUT2D eigenvalue weighted by molar-refractivity contribution is 0.102. The van der Waals surface area contributed by atoms with Gasteiger partial charge in [0.1, 0.15) is 11.6 Å². The van der Waals surface area contributed by atoms with Crippen LogP contribution in [0.25, 0.3) is 0 Å². The van der Waals surface area contributed by atoms with Crippen LogP contribution >= 0.6 is 0 Å². The summed E-state index contributed by atoms with van der Waals surface area (Å²) in [5, 5.41) is 11.9. The van der Waals surface area contributed by atoms with Crippen molar-refractivity contribution in [2.45, 2.75) is 6.92 Å². The summed E-state index contributed by atoms with van der Waals surface area (Å²) in [7, 11) is 0. The van der Waals surface area contributed by atoms with E-state index in [1.165, 1.54) is 24.3 Å². The first-order valence-corrected chi connectivity index (χ1v) is 5.43. The molecule has 0 bridgehead atoms. The van der Waals surface area contributed by atoms with Gasteiger partial charge in [-0.25, -0.2) is 4.39 Å². The Kier molecular flexibility index (Phi) is 3.28. The third-order valence-electron chi connectivity index (χ3n) is 2.52. The molecule has 2 N–H and O–H groups in total. The van der Waals surface area contributed by atoms with Crippen molar-refractivity contribution in [3.05, 3.63) is 59.4 Å². The highest BCUT2D eigenvalue weighted by atomic mass is 19.1. The molecule has 0 heterocycles. The highest BCUT2D eigenvalue weighted by Gasteiger charge is 2.12. The van der Waals surface area contributed by atoms with Crippen molar-refractivity contribution in [1.29, 1.82) is 0 Å². The Hall–Kier alpha value is -2.36. The number of phenolic OH excluding ortho intramolecular Hbond substituents is 1. The Balaban J connectivity index is 2.24. The van der Waals surface area contributed by atoms with Crippen LogP contribution in [0.3, 0.4) is 0 Å². The minimum absolute atomic E-state index is 0.0915. The summed E-state index contributed by atoms with van der Waals surface area (Å²) in [5.41, 5.74) is 0.972. The van der Waals surface area contributed by atoms with Crippen LogP contribution in [0, 0.1) is 12.7 Å². The van der Waals surface area contributed by atoms with Crippen LogP contribution in [0.4, 0.5) is 10.1 Å². The molecule has 0 saturated heterocycles. The van der Waals surface area contributed by atoms with Crippen LogP contribution in [0.5, 0.6) is 5.75 Å². The van der Waals surface area contributed by atoms with E-state index in [0.717, 1.165) is 5.56 Å². The summed E-state index contributed by atoms with van der Waals surface area (Å²) < 4.78 is 13.5. The summed E-state index contributed by atoms with van der Waals surface area (Å²) in [5.74, 6) is -1.18. The lowest BCUT2D eigenvalue weighted by Gasteiger charge is -2.08. The minimum atomic E-state index is -0.546. The van der Waals surface area contributed by atoms with E-state index in [1.807, 2.05) is 0 Å². The van der Waals surface area contributed by atoms with Gasteiger partial charge < -0.3 is 10.4 Å². The predicted octanol–water partition coefficient (Wildman–Crippen LogP) is 3.09. The molecule has 0 aliphatic rings. The maximum atomic E-state index is 13.5. The Bertz CT molecular complexity index is 596. The van der Waals surface area contributed by atoms with Crippen molar-refractivity contribution in [2.75, 3.05) is 5.32 Å². The summed E-state index contributed by atoms with van der Waals surface area (Å²) in [6, 6.07) is 10.6. The molecule has 2 aromatic rings. The second-order valence-corrected chi connectivity index (χ2v) is 3.95. The van der Waals surface area contributed by atoms with Gasteiger partial charge in [-0.15, -0.1) is 0 Å². The summed E-state index contributed by atoms with van der Waals surface area (Å²) in [6.45, 7) is 1.76. The number of nitrogens with one attached hydrogen (secondary N) is 1. The van der Waals surface area contributed by atoms with E-state index in [1.54, 1.807) is 25.1 Å². The number of carbonyl (C=O) groups is 1. The third-order valence-corrected chi connectivity index (χ3v) is 2.52. The van der Waals surface area contributed by atoms with Crippen molar-refractivity contribution in [3.8, 4) is 5.75 Å². The molecule has 0 aromatic heterocycles. The molecule has 92 valence electrons. The summed E-state index contributed by atoms with van der Waals surface area (Å²) in [6.07, 6.45) is 0. The van der Waals surface area contributed by atoms with Crippen LogP contribution in [0.2, 0.25) is 0 Å². The van der Waals surface area contributed by atoms with Crippen molar-refractivity contribution >= 4 is 11.6 Å². The fraction of sp³-hybridized carbons (Fsp3) is 0.0714. The zero-order valence-corrected chi connectivity index (χ0v) is 9.77. The number of aryl methyl sites for hydroxylation is 1. The number of rotatable bonds is 2. The number of para-hydroxylation sites is 1. The Morgan fingerprint density at radius 2 is 1.94 bits per heavy atom. The number of benzene rings is 2. The molecule has 2 aromatic carbocycles. The van der Waals surface area contributed by atoms with E-state index in [9.17, 15) is 14.3 Å². The molecule has 0 unspecified atom stereocenters. The fourth-order valence-corrected chi connectivity index (χ4v) is 1.58. The smallest absolute Gasteiger partial charge is 0.259 e. The predicted molar refractivity (Wildman–Crippen MR) is 67.2 cm³/mol. The largest absolute Gasteiger partial charge is 0.507 e. The second kappa shape index (κ2) is 4.87. The van der Waals surface area contributed by atoms with Gasteiger partial charge in [-0.05, 0) is 36.8 Å². The maximum Gasteiger partial charge on any atom is 0.259 e. The number of hydrogen-bond donors (Lipinski definition) is 2. The topological polar surface area (TPSA) is 49.3 Å². The first-order valence-electron chi connectivity index (χ1n) is 5.43. The molecule has 0 atom stereocenters. The average Bonchev–Trinajstić information content (AvgIpc) is 2.33. The van der Waals surface area contributed by atoms with E-state index in [2.05, 4.69) is 5.32 Å². The van der Waals surface area contributed by atoms with Crippen molar-refractivity contribution in [1.82, 2.24) is 0 Å². The van der Waals surface area contributed by atoms with Crippen molar-refractivity contribution < 1.29 is 14.3 Å². The highest BCUT2D eigenvalue weighted by Crippen LogP contribution is 2.20. The number of hydrogen-bond acceptors (Lipinski definition) is 2. The van der Waals surface area contributed by atoms with Crippen LogP contribution in [-0.2, 0) is 0 Å². The SMILES string of the molecule is Cc1ccc(NC(=O)c2ccccc2O)c(F)c1. The molecule has 0 saturated carbocycles. The van der Waals surface area contributed by atoms with Gasteiger partial charge in [-0.1, -0.05) is 18.2 Å². The monoisotopic (exact) mass is 245 g/mol. The molecular weight excluding hydrogens is 233 g/mol. The molecule has 0 fully saturated rings. The molecule has 0 radical (unpaired) electrons. The van der Waals surface area contributed by atoms with E-state index in [0.29, 0.717) is 0 Å². The van der Waals surface area contributed by atoms with Crippen LogP contribution in [0.15, 0.2) is 42.5 Å². The average molecular weight is 245 g/mol. The van der Waals surface area contributed by atoms with Crippen LogP contribution in [0.1, 0.15) is 15.9 Å². The zero-order valence-electron chi connectivity index (χ0n) is 9.77. The maximum absolute atomic E-state index is 13.5. The van der Waals surface area contributed by atoms with Gasteiger partial charge in [-0.2, -0.15) is 0 Å². The molecule has 4 heteroatoms. The molecule has 0 aliphatic carbocycles. The number of phenols is 1. The summed E-state index contributed by atoms with van der Waals surface area (Å²) in [4.78, 5) is 11.8. The van der Waals surface area contributed by atoms with Crippen molar-refractivity contribution in [2.24, 2.45) is 0 Å². The molecule has 3 nitrogen and oxygen atoms in total. The van der Waals surface area contributed by atoms with E-state index < -0.39 is 11.7 Å². The highest BCUT2D eigenvalue weighted by molar-refractivity contribution is 6.06. The normalized spacial score (nSPS) is 10.1. The van der Waals surface area contributed by atoms with Crippen LogP contribution < -0.4 is 5.32 Å². The van der Waals surface area contributed by atoms with Gasteiger partial charge in [0.15, 0.2) is 0 Å². The van der Waals surface area contributed by atoms with E-state index >= 15 is 0 Å². The van der Waals surface area contributed by atoms with E-state index in [4.69, 9.17) is 0 Å². The first kappa shape index (κ1) is 12.1. The van der Waals surface area contributed by atoms with Gasteiger partial charge in [0.2, 0.25) is 0 Å². The zero-order chi connectivity index (χ0) is 13.1. The number of halogens is 1. The molecular formula is C14H12FNO2.